The lowest BCUT2D eigenvalue weighted by Gasteiger charge is -2.20. The Morgan fingerprint density at radius 1 is 1.05 bits per heavy atom. The smallest absolute Gasteiger partial charge is 0.264 e. The molecule has 1 aromatic carbocycles. The normalized spacial score (nSPS) is 16.0. The summed E-state index contributed by atoms with van der Waals surface area (Å²) in [5.41, 5.74) is 0.505. The van der Waals surface area contributed by atoms with E-state index < -0.39 is 15.9 Å². The van der Waals surface area contributed by atoms with Gasteiger partial charge in [-0.2, -0.15) is 0 Å². The first-order valence-electron chi connectivity index (χ1n) is 7.33. The van der Waals surface area contributed by atoms with Gasteiger partial charge >= 0.3 is 0 Å². The predicted octanol–water partition coefficient (Wildman–Crippen LogP) is 2.03. The Hall–Kier alpha value is -1.89. The summed E-state index contributed by atoms with van der Waals surface area (Å²) < 4.78 is 26.5. The van der Waals surface area contributed by atoms with Gasteiger partial charge in [-0.1, -0.05) is 19.3 Å². The summed E-state index contributed by atoms with van der Waals surface area (Å²) in [4.78, 5) is 23.0. The van der Waals surface area contributed by atoms with Crippen LogP contribution in [0.2, 0.25) is 0 Å². The third-order valence-corrected chi connectivity index (χ3v) is 5.06. The zero-order valence-corrected chi connectivity index (χ0v) is 13.3. The second-order valence-electron chi connectivity index (χ2n) is 5.51. The van der Waals surface area contributed by atoms with Gasteiger partial charge in [0, 0.05) is 18.5 Å². The van der Waals surface area contributed by atoms with Crippen LogP contribution in [-0.2, 0) is 19.6 Å². The molecule has 2 amide bonds. The SMILES string of the molecule is CC(=O)Nc1ccc(S(=O)(=O)NC(=O)C2CCCCC2)cc1. The van der Waals surface area contributed by atoms with Crippen molar-refractivity contribution in [2.75, 3.05) is 5.32 Å². The molecule has 6 nitrogen and oxygen atoms in total. The number of carbonyl (C=O) groups excluding carboxylic acids is 2. The maximum absolute atomic E-state index is 12.2. The van der Waals surface area contributed by atoms with Crippen LogP contribution in [0.25, 0.3) is 0 Å². The molecule has 2 rings (SSSR count). The number of benzene rings is 1. The van der Waals surface area contributed by atoms with Crippen LogP contribution in [0.5, 0.6) is 0 Å². The highest BCUT2D eigenvalue weighted by atomic mass is 32.2. The highest BCUT2D eigenvalue weighted by Gasteiger charge is 2.25. The van der Waals surface area contributed by atoms with Gasteiger partial charge in [0.05, 0.1) is 4.90 Å². The van der Waals surface area contributed by atoms with Crippen molar-refractivity contribution in [3.05, 3.63) is 24.3 Å². The van der Waals surface area contributed by atoms with E-state index in [0.29, 0.717) is 5.69 Å². The summed E-state index contributed by atoms with van der Waals surface area (Å²) in [7, 11) is -3.87. The van der Waals surface area contributed by atoms with Gasteiger partial charge in [-0.15, -0.1) is 0 Å². The summed E-state index contributed by atoms with van der Waals surface area (Å²) in [6.07, 6.45) is 4.50. The Kier molecular flexibility index (Phi) is 5.18. The van der Waals surface area contributed by atoms with Gasteiger partial charge in [0.2, 0.25) is 11.8 Å². The molecule has 0 saturated heterocycles. The quantitative estimate of drug-likeness (QED) is 0.886. The van der Waals surface area contributed by atoms with Crippen LogP contribution < -0.4 is 10.0 Å². The Morgan fingerprint density at radius 2 is 1.64 bits per heavy atom. The van der Waals surface area contributed by atoms with Crippen molar-refractivity contribution in [2.45, 2.75) is 43.9 Å². The number of hydrogen-bond acceptors (Lipinski definition) is 4. The van der Waals surface area contributed by atoms with Gasteiger partial charge in [-0.3, -0.25) is 9.59 Å². The first kappa shape index (κ1) is 16.5. The number of amides is 2. The summed E-state index contributed by atoms with van der Waals surface area (Å²) in [5.74, 6) is -0.881. The molecule has 1 aromatic rings. The zero-order valence-electron chi connectivity index (χ0n) is 12.5. The lowest BCUT2D eigenvalue weighted by Crippen LogP contribution is -2.36. The van der Waals surface area contributed by atoms with Gasteiger partial charge in [0.15, 0.2) is 0 Å². The monoisotopic (exact) mass is 324 g/mol. The molecule has 0 aromatic heterocycles. The van der Waals surface area contributed by atoms with E-state index in [1.807, 2.05) is 0 Å². The van der Waals surface area contributed by atoms with Crippen molar-refractivity contribution in [3.63, 3.8) is 0 Å². The van der Waals surface area contributed by atoms with E-state index in [1.54, 1.807) is 0 Å². The average Bonchev–Trinajstić information content (AvgIpc) is 2.47. The largest absolute Gasteiger partial charge is 0.326 e. The summed E-state index contributed by atoms with van der Waals surface area (Å²) >= 11 is 0. The Bertz CT molecular complexity index is 647. The van der Waals surface area contributed by atoms with Crippen molar-refractivity contribution in [3.8, 4) is 0 Å². The van der Waals surface area contributed by atoms with Gasteiger partial charge in [0.1, 0.15) is 0 Å². The van der Waals surface area contributed by atoms with Crippen LogP contribution in [-0.4, -0.2) is 20.2 Å². The van der Waals surface area contributed by atoms with Crippen molar-refractivity contribution < 1.29 is 18.0 Å². The van der Waals surface area contributed by atoms with E-state index in [9.17, 15) is 18.0 Å². The lowest BCUT2D eigenvalue weighted by atomic mass is 9.89. The fourth-order valence-corrected chi connectivity index (χ4v) is 3.60. The fourth-order valence-electron chi connectivity index (χ4n) is 2.56. The molecule has 0 bridgehead atoms. The second kappa shape index (κ2) is 6.91. The topological polar surface area (TPSA) is 92.3 Å². The van der Waals surface area contributed by atoms with Crippen molar-refractivity contribution >= 4 is 27.5 Å². The van der Waals surface area contributed by atoms with Gasteiger partial charge in [0.25, 0.3) is 10.0 Å². The number of sulfonamides is 1. The van der Waals surface area contributed by atoms with E-state index in [0.717, 1.165) is 32.1 Å². The molecular weight excluding hydrogens is 304 g/mol. The molecule has 1 saturated carbocycles. The van der Waals surface area contributed by atoms with Gasteiger partial charge in [-0.25, -0.2) is 13.1 Å². The molecule has 120 valence electrons. The highest BCUT2D eigenvalue weighted by Crippen LogP contribution is 2.24. The highest BCUT2D eigenvalue weighted by molar-refractivity contribution is 7.90. The molecule has 0 spiro atoms. The third kappa shape index (κ3) is 4.30. The minimum atomic E-state index is -3.87. The molecule has 1 aliphatic rings. The Morgan fingerprint density at radius 3 is 2.18 bits per heavy atom. The van der Waals surface area contributed by atoms with E-state index in [1.165, 1.54) is 31.2 Å². The predicted molar refractivity (Wildman–Crippen MR) is 82.6 cm³/mol. The van der Waals surface area contributed by atoms with Gasteiger partial charge in [-0.05, 0) is 37.1 Å². The van der Waals surface area contributed by atoms with Crippen molar-refractivity contribution in [2.24, 2.45) is 5.92 Å². The van der Waals surface area contributed by atoms with Crippen molar-refractivity contribution in [1.82, 2.24) is 4.72 Å². The molecule has 0 atom stereocenters. The minimum absolute atomic E-state index is 0.00533. The molecule has 2 N–H and O–H groups in total. The summed E-state index contributed by atoms with van der Waals surface area (Å²) in [5, 5.41) is 2.55. The number of rotatable bonds is 4. The summed E-state index contributed by atoms with van der Waals surface area (Å²) in [6.45, 7) is 1.37. The lowest BCUT2D eigenvalue weighted by molar-refractivity contribution is -0.124. The number of nitrogens with one attached hydrogen (secondary N) is 2. The zero-order chi connectivity index (χ0) is 16.2. The van der Waals surface area contributed by atoms with Crippen molar-refractivity contribution in [1.29, 1.82) is 0 Å². The number of hydrogen-bond donors (Lipinski definition) is 2. The number of carbonyl (C=O) groups is 2. The Balaban J connectivity index is 2.06. The molecule has 22 heavy (non-hydrogen) atoms. The Labute approximate surface area is 130 Å². The molecule has 7 heteroatoms. The van der Waals surface area contributed by atoms with E-state index in [2.05, 4.69) is 10.0 Å². The van der Waals surface area contributed by atoms with Crippen LogP contribution >= 0.6 is 0 Å². The van der Waals surface area contributed by atoms with Crippen LogP contribution in [0, 0.1) is 5.92 Å². The van der Waals surface area contributed by atoms with E-state index in [-0.39, 0.29) is 16.7 Å². The van der Waals surface area contributed by atoms with Gasteiger partial charge < -0.3 is 5.32 Å². The maximum atomic E-state index is 12.2. The fraction of sp³-hybridized carbons (Fsp3) is 0.467. The van der Waals surface area contributed by atoms with Crippen LogP contribution in [0.4, 0.5) is 5.69 Å². The van der Waals surface area contributed by atoms with E-state index in [4.69, 9.17) is 0 Å². The number of anilines is 1. The molecule has 0 unspecified atom stereocenters. The minimum Gasteiger partial charge on any atom is -0.326 e. The summed E-state index contributed by atoms with van der Waals surface area (Å²) in [6, 6.07) is 5.70. The first-order valence-corrected chi connectivity index (χ1v) is 8.81. The van der Waals surface area contributed by atoms with Crippen LogP contribution in [0.1, 0.15) is 39.0 Å². The second-order valence-corrected chi connectivity index (χ2v) is 7.19. The molecular formula is C15H20N2O4S. The average molecular weight is 324 g/mol. The van der Waals surface area contributed by atoms with Crippen LogP contribution in [0.3, 0.4) is 0 Å². The first-order chi connectivity index (χ1) is 10.4. The maximum Gasteiger partial charge on any atom is 0.264 e. The molecule has 1 fully saturated rings. The molecule has 0 heterocycles. The van der Waals surface area contributed by atoms with E-state index >= 15 is 0 Å². The van der Waals surface area contributed by atoms with Crippen LogP contribution in [0.15, 0.2) is 29.2 Å². The molecule has 0 aliphatic heterocycles. The molecule has 0 radical (unpaired) electrons. The standard InChI is InChI=1S/C15H20N2O4S/c1-11(18)16-13-7-9-14(10-8-13)22(20,21)17-15(19)12-5-3-2-4-6-12/h7-10,12H,2-6H2,1H3,(H,16,18)(H,17,19). The molecule has 1 aliphatic carbocycles. The third-order valence-electron chi connectivity index (χ3n) is 3.70.